The fourth-order valence-electron chi connectivity index (χ4n) is 2.94. The third-order valence-electron chi connectivity index (χ3n) is 4.31. The van der Waals surface area contributed by atoms with Crippen molar-refractivity contribution >= 4 is 5.91 Å². The van der Waals surface area contributed by atoms with E-state index in [0.717, 1.165) is 26.1 Å². The van der Waals surface area contributed by atoms with Crippen molar-refractivity contribution in [1.82, 2.24) is 15.5 Å². The van der Waals surface area contributed by atoms with Gasteiger partial charge in [-0.3, -0.25) is 9.69 Å². The summed E-state index contributed by atoms with van der Waals surface area (Å²) in [6.45, 7) is 9.57. The molecule has 0 bridgehead atoms. The Morgan fingerprint density at radius 2 is 2.10 bits per heavy atom. The first-order valence-electron chi connectivity index (χ1n) is 8.00. The molecule has 1 aliphatic heterocycles. The van der Waals surface area contributed by atoms with Crippen LogP contribution in [0.25, 0.3) is 0 Å². The number of nitrogens with one attached hydrogen (secondary N) is 2. The predicted molar refractivity (Wildman–Crippen MR) is 86.3 cm³/mol. The molecule has 0 radical (unpaired) electrons. The number of rotatable bonds is 5. The van der Waals surface area contributed by atoms with Crippen LogP contribution in [0.3, 0.4) is 0 Å². The molecular weight excluding hydrogens is 262 g/mol. The van der Waals surface area contributed by atoms with Gasteiger partial charge in [0.25, 0.3) is 0 Å². The number of carbonyl (C=O) groups is 1. The van der Waals surface area contributed by atoms with Gasteiger partial charge in [0, 0.05) is 32.2 Å². The number of benzene rings is 1. The minimum Gasteiger partial charge on any atom is -0.355 e. The fourth-order valence-corrected chi connectivity index (χ4v) is 2.94. The molecule has 1 amide bonds. The largest absolute Gasteiger partial charge is 0.355 e. The molecule has 0 spiro atoms. The van der Waals surface area contributed by atoms with Crippen molar-refractivity contribution in [3.05, 3.63) is 35.4 Å². The standard InChI is InChI=1S/C17H27N3O/c1-4-14-6-8-15(9-7-14)13(3)20-11-10-18-12-16(20)17(21)19-5-2/h6-9,13,16,18H,4-5,10-12H2,1-3H3,(H,19,21). The van der Waals surface area contributed by atoms with Gasteiger partial charge in [-0.1, -0.05) is 31.2 Å². The monoisotopic (exact) mass is 289 g/mol. The number of carbonyl (C=O) groups excluding carboxylic acids is 1. The van der Waals surface area contributed by atoms with Crippen molar-refractivity contribution in [1.29, 1.82) is 0 Å². The second-order valence-corrected chi connectivity index (χ2v) is 5.62. The normalized spacial score (nSPS) is 21.0. The van der Waals surface area contributed by atoms with Gasteiger partial charge in [-0.2, -0.15) is 0 Å². The molecule has 1 aromatic carbocycles. The fraction of sp³-hybridized carbons (Fsp3) is 0.588. The van der Waals surface area contributed by atoms with E-state index >= 15 is 0 Å². The van der Waals surface area contributed by atoms with Gasteiger partial charge in [0.15, 0.2) is 0 Å². The van der Waals surface area contributed by atoms with Gasteiger partial charge in [-0.15, -0.1) is 0 Å². The topological polar surface area (TPSA) is 44.4 Å². The molecule has 1 fully saturated rings. The maximum atomic E-state index is 12.3. The first-order chi connectivity index (χ1) is 10.2. The van der Waals surface area contributed by atoms with Crippen LogP contribution in [0.2, 0.25) is 0 Å². The summed E-state index contributed by atoms with van der Waals surface area (Å²) < 4.78 is 0. The smallest absolute Gasteiger partial charge is 0.238 e. The zero-order valence-corrected chi connectivity index (χ0v) is 13.4. The van der Waals surface area contributed by atoms with Crippen LogP contribution in [0.1, 0.15) is 37.9 Å². The van der Waals surface area contributed by atoms with Gasteiger partial charge >= 0.3 is 0 Å². The van der Waals surface area contributed by atoms with Crippen molar-refractivity contribution < 1.29 is 4.79 Å². The molecule has 21 heavy (non-hydrogen) atoms. The second kappa shape index (κ2) is 7.57. The summed E-state index contributed by atoms with van der Waals surface area (Å²) in [4.78, 5) is 14.6. The summed E-state index contributed by atoms with van der Waals surface area (Å²) in [5.41, 5.74) is 2.63. The average Bonchev–Trinajstić information content (AvgIpc) is 2.54. The first-order valence-corrected chi connectivity index (χ1v) is 8.00. The molecule has 0 aromatic heterocycles. The van der Waals surface area contributed by atoms with Crippen LogP contribution in [0.4, 0.5) is 0 Å². The zero-order chi connectivity index (χ0) is 15.2. The van der Waals surface area contributed by atoms with Crippen molar-refractivity contribution in [3.8, 4) is 0 Å². The Morgan fingerprint density at radius 1 is 1.38 bits per heavy atom. The average molecular weight is 289 g/mol. The molecule has 2 atom stereocenters. The van der Waals surface area contributed by atoms with Crippen LogP contribution in [0.5, 0.6) is 0 Å². The Hall–Kier alpha value is -1.39. The van der Waals surface area contributed by atoms with Crippen LogP contribution in [-0.2, 0) is 11.2 Å². The number of hydrogen-bond donors (Lipinski definition) is 2. The molecule has 1 aromatic rings. The highest BCUT2D eigenvalue weighted by Gasteiger charge is 2.31. The number of likely N-dealkylation sites (N-methyl/N-ethyl adjacent to an activating group) is 1. The molecule has 2 rings (SSSR count). The molecule has 4 heteroatoms. The molecule has 116 valence electrons. The van der Waals surface area contributed by atoms with E-state index in [1.807, 2.05) is 6.92 Å². The van der Waals surface area contributed by atoms with E-state index in [1.165, 1.54) is 11.1 Å². The quantitative estimate of drug-likeness (QED) is 0.867. The van der Waals surface area contributed by atoms with Gasteiger partial charge in [-0.05, 0) is 31.4 Å². The van der Waals surface area contributed by atoms with Gasteiger partial charge in [0.05, 0.1) is 0 Å². The van der Waals surface area contributed by atoms with Crippen molar-refractivity contribution in [2.24, 2.45) is 0 Å². The predicted octanol–water partition coefficient (Wildman–Crippen LogP) is 1.72. The van der Waals surface area contributed by atoms with Crippen LogP contribution in [0.15, 0.2) is 24.3 Å². The molecule has 2 unspecified atom stereocenters. The summed E-state index contributed by atoms with van der Waals surface area (Å²) in [6, 6.07) is 8.94. The third kappa shape index (κ3) is 3.83. The van der Waals surface area contributed by atoms with Crippen molar-refractivity contribution in [3.63, 3.8) is 0 Å². The molecule has 1 aliphatic rings. The summed E-state index contributed by atoms with van der Waals surface area (Å²) in [5, 5.41) is 6.28. The number of nitrogens with zero attached hydrogens (tertiary/aromatic N) is 1. The minimum atomic E-state index is -0.0837. The minimum absolute atomic E-state index is 0.0837. The highest BCUT2D eigenvalue weighted by molar-refractivity contribution is 5.82. The van der Waals surface area contributed by atoms with Gasteiger partial charge < -0.3 is 10.6 Å². The van der Waals surface area contributed by atoms with Crippen molar-refractivity contribution in [2.75, 3.05) is 26.2 Å². The van der Waals surface area contributed by atoms with Gasteiger partial charge in [-0.25, -0.2) is 0 Å². The van der Waals surface area contributed by atoms with Crippen molar-refractivity contribution in [2.45, 2.75) is 39.3 Å². The van der Waals surface area contributed by atoms with Crippen LogP contribution >= 0.6 is 0 Å². The van der Waals surface area contributed by atoms with Gasteiger partial charge in [0.1, 0.15) is 6.04 Å². The maximum absolute atomic E-state index is 12.3. The zero-order valence-electron chi connectivity index (χ0n) is 13.4. The molecule has 2 N–H and O–H groups in total. The van der Waals surface area contributed by atoms with E-state index in [1.54, 1.807) is 0 Å². The summed E-state index contributed by atoms with van der Waals surface area (Å²) in [5.74, 6) is 0.127. The molecule has 1 saturated heterocycles. The Bertz CT molecular complexity index is 458. The number of aryl methyl sites for hydroxylation is 1. The lowest BCUT2D eigenvalue weighted by Crippen LogP contribution is -2.58. The van der Waals surface area contributed by atoms with Crippen LogP contribution in [-0.4, -0.2) is 43.0 Å². The summed E-state index contributed by atoms with van der Waals surface area (Å²) in [7, 11) is 0. The Kier molecular flexibility index (Phi) is 5.76. The van der Waals surface area contributed by atoms with E-state index in [2.05, 4.69) is 53.6 Å². The van der Waals surface area contributed by atoms with E-state index in [0.29, 0.717) is 6.54 Å². The molecule has 4 nitrogen and oxygen atoms in total. The molecule has 0 saturated carbocycles. The van der Waals surface area contributed by atoms with Crippen LogP contribution < -0.4 is 10.6 Å². The maximum Gasteiger partial charge on any atom is 0.238 e. The highest BCUT2D eigenvalue weighted by atomic mass is 16.2. The van der Waals surface area contributed by atoms with Crippen LogP contribution in [0, 0.1) is 0 Å². The highest BCUT2D eigenvalue weighted by Crippen LogP contribution is 2.24. The number of hydrogen-bond acceptors (Lipinski definition) is 3. The Labute approximate surface area is 127 Å². The number of amides is 1. The number of piperazine rings is 1. The summed E-state index contributed by atoms with van der Waals surface area (Å²) >= 11 is 0. The third-order valence-corrected chi connectivity index (χ3v) is 4.31. The molecular formula is C17H27N3O. The lowest BCUT2D eigenvalue weighted by Gasteiger charge is -2.39. The SMILES string of the molecule is CCNC(=O)C1CNCCN1C(C)c1ccc(CC)cc1. The van der Waals surface area contributed by atoms with E-state index < -0.39 is 0 Å². The molecule has 1 heterocycles. The molecule has 0 aliphatic carbocycles. The van der Waals surface area contributed by atoms with E-state index in [-0.39, 0.29) is 18.0 Å². The Balaban J connectivity index is 2.13. The van der Waals surface area contributed by atoms with E-state index in [4.69, 9.17) is 0 Å². The lowest BCUT2D eigenvalue weighted by atomic mass is 10.0. The Morgan fingerprint density at radius 3 is 2.71 bits per heavy atom. The second-order valence-electron chi connectivity index (χ2n) is 5.62. The lowest BCUT2D eigenvalue weighted by molar-refractivity contribution is -0.128. The summed E-state index contributed by atoms with van der Waals surface area (Å²) in [6.07, 6.45) is 1.06. The van der Waals surface area contributed by atoms with E-state index in [9.17, 15) is 4.79 Å². The van der Waals surface area contributed by atoms with Gasteiger partial charge in [0.2, 0.25) is 5.91 Å². The first kappa shape index (κ1) is 16.0.